The van der Waals surface area contributed by atoms with Crippen LogP contribution in [0.25, 0.3) is 0 Å². The lowest BCUT2D eigenvalue weighted by atomic mass is 10.1. The van der Waals surface area contributed by atoms with Crippen LogP contribution in [0.1, 0.15) is 12.8 Å². The first-order valence-corrected chi connectivity index (χ1v) is 5.18. The molecule has 1 aromatic rings. The van der Waals surface area contributed by atoms with Crippen LogP contribution in [0.2, 0.25) is 5.02 Å². The van der Waals surface area contributed by atoms with E-state index in [1.165, 1.54) is 12.8 Å². The second-order valence-electron chi connectivity index (χ2n) is 3.89. The summed E-state index contributed by atoms with van der Waals surface area (Å²) in [5.41, 5.74) is 5.98. The molecule has 0 atom stereocenters. The van der Waals surface area contributed by atoms with Crippen LogP contribution >= 0.6 is 11.6 Å². The maximum Gasteiger partial charge on any atom is 0.144 e. The van der Waals surface area contributed by atoms with Crippen molar-refractivity contribution in [1.82, 2.24) is 4.98 Å². The number of hydrogen-bond acceptors (Lipinski definition) is 3. The fourth-order valence-electron chi connectivity index (χ4n) is 1.42. The molecule has 3 nitrogen and oxygen atoms in total. The first-order chi connectivity index (χ1) is 6.76. The zero-order chi connectivity index (χ0) is 10.0. The molecule has 3 N–H and O–H groups in total. The molecule has 1 fully saturated rings. The summed E-state index contributed by atoms with van der Waals surface area (Å²) in [6, 6.07) is 3.66. The summed E-state index contributed by atoms with van der Waals surface area (Å²) in [4.78, 5) is 4.16. The normalized spacial score (nSPS) is 17.9. The lowest BCUT2D eigenvalue weighted by molar-refractivity contribution is 0.555. The number of rotatable bonds is 4. The third-order valence-electron chi connectivity index (χ3n) is 2.78. The Morgan fingerprint density at radius 2 is 2.36 bits per heavy atom. The number of nitrogens with two attached hydrogens (primary N) is 1. The number of anilines is 1. The van der Waals surface area contributed by atoms with Gasteiger partial charge in [0.05, 0.1) is 5.02 Å². The Labute approximate surface area is 88.7 Å². The van der Waals surface area contributed by atoms with Crippen LogP contribution in [-0.4, -0.2) is 18.1 Å². The minimum atomic E-state index is 0.306. The van der Waals surface area contributed by atoms with Crippen LogP contribution in [0.5, 0.6) is 0 Å². The summed E-state index contributed by atoms with van der Waals surface area (Å²) in [7, 11) is 0. The maximum absolute atomic E-state index is 5.96. The van der Waals surface area contributed by atoms with E-state index in [0.717, 1.165) is 18.9 Å². The standard InChI is InChI=1S/C10H14ClN3/c11-8-2-1-5-13-9(8)14-7-10(6-12)3-4-10/h1-2,5H,3-4,6-7,12H2,(H,13,14). The Morgan fingerprint density at radius 3 is 2.93 bits per heavy atom. The van der Waals surface area contributed by atoms with E-state index in [1.807, 2.05) is 12.1 Å². The molecule has 0 spiro atoms. The molecule has 1 aromatic heterocycles. The van der Waals surface area contributed by atoms with Crippen molar-refractivity contribution >= 4 is 17.4 Å². The average Bonchev–Trinajstić information content (AvgIpc) is 2.98. The van der Waals surface area contributed by atoms with Gasteiger partial charge in [-0.3, -0.25) is 0 Å². The molecule has 0 aromatic carbocycles. The summed E-state index contributed by atoms with van der Waals surface area (Å²) < 4.78 is 0. The molecule has 1 aliphatic rings. The molecule has 0 saturated heterocycles. The molecule has 14 heavy (non-hydrogen) atoms. The van der Waals surface area contributed by atoms with Gasteiger partial charge in [0.15, 0.2) is 0 Å². The summed E-state index contributed by atoms with van der Waals surface area (Å²) in [5.74, 6) is 0.758. The molecule has 0 bridgehead atoms. The van der Waals surface area contributed by atoms with Crippen LogP contribution in [0.15, 0.2) is 18.3 Å². The highest BCUT2D eigenvalue weighted by Gasteiger charge is 2.40. The third kappa shape index (κ3) is 1.99. The Bertz CT molecular complexity index is 323. The number of nitrogens with zero attached hydrogens (tertiary/aromatic N) is 1. The molecule has 1 aliphatic carbocycles. The second-order valence-corrected chi connectivity index (χ2v) is 4.30. The van der Waals surface area contributed by atoms with Crippen LogP contribution < -0.4 is 11.1 Å². The molecular formula is C10H14ClN3. The van der Waals surface area contributed by atoms with E-state index < -0.39 is 0 Å². The number of aromatic nitrogens is 1. The molecule has 4 heteroatoms. The van der Waals surface area contributed by atoms with E-state index in [2.05, 4.69) is 10.3 Å². The molecule has 1 saturated carbocycles. The zero-order valence-electron chi connectivity index (χ0n) is 7.96. The first kappa shape index (κ1) is 9.74. The van der Waals surface area contributed by atoms with Gasteiger partial charge in [-0.15, -0.1) is 0 Å². The van der Waals surface area contributed by atoms with Gasteiger partial charge in [0.25, 0.3) is 0 Å². The Morgan fingerprint density at radius 1 is 1.57 bits per heavy atom. The van der Waals surface area contributed by atoms with Crippen LogP contribution in [0.4, 0.5) is 5.82 Å². The van der Waals surface area contributed by atoms with Crippen molar-refractivity contribution in [2.45, 2.75) is 12.8 Å². The van der Waals surface area contributed by atoms with Crippen molar-refractivity contribution in [2.24, 2.45) is 11.1 Å². The molecule has 0 aliphatic heterocycles. The van der Waals surface area contributed by atoms with Crippen molar-refractivity contribution in [3.8, 4) is 0 Å². The van der Waals surface area contributed by atoms with Crippen molar-refractivity contribution in [1.29, 1.82) is 0 Å². The number of hydrogen-bond donors (Lipinski definition) is 2. The maximum atomic E-state index is 5.96. The van der Waals surface area contributed by atoms with Gasteiger partial charge in [0.2, 0.25) is 0 Å². The van der Waals surface area contributed by atoms with Gasteiger partial charge in [0, 0.05) is 12.7 Å². The van der Waals surface area contributed by atoms with E-state index in [1.54, 1.807) is 6.20 Å². The third-order valence-corrected chi connectivity index (χ3v) is 3.08. The molecule has 0 radical (unpaired) electrons. The molecule has 2 rings (SSSR count). The minimum absolute atomic E-state index is 0.306. The Hall–Kier alpha value is -0.800. The fraction of sp³-hybridized carbons (Fsp3) is 0.500. The quantitative estimate of drug-likeness (QED) is 0.800. The second kappa shape index (κ2) is 3.75. The number of pyridine rings is 1. The predicted molar refractivity (Wildman–Crippen MR) is 58.5 cm³/mol. The largest absolute Gasteiger partial charge is 0.368 e. The summed E-state index contributed by atoms with van der Waals surface area (Å²) >= 11 is 5.96. The molecule has 1 heterocycles. The fourth-order valence-corrected chi connectivity index (χ4v) is 1.61. The summed E-state index contributed by atoms with van der Waals surface area (Å²) in [6.45, 7) is 1.62. The topological polar surface area (TPSA) is 50.9 Å². The highest BCUT2D eigenvalue weighted by atomic mass is 35.5. The molecular weight excluding hydrogens is 198 g/mol. The Kier molecular flexibility index (Phi) is 2.61. The molecule has 0 amide bonds. The van der Waals surface area contributed by atoms with Crippen LogP contribution in [0.3, 0.4) is 0 Å². The minimum Gasteiger partial charge on any atom is -0.368 e. The molecule has 76 valence electrons. The lowest BCUT2D eigenvalue weighted by Crippen LogP contribution is -2.24. The van der Waals surface area contributed by atoms with Crippen LogP contribution in [0, 0.1) is 5.41 Å². The van der Waals surface area contributed by atoms with E-state index in [-0.39, 0.29) is 0 Å². The van der Waals surface area contributed by atoms with Crippen molar-refractivity contribution < 1.29 is 0 Å². The van der Waals surface area contributed by atoms with Gasteiger partial charge in [-0.1, -0.05) is 11.6 Å². The van der Waals surface area contributed by atoms with E-state index in [9.17, 15) is 0 Å². The summed E-state index contributed by atoms with van der Waals surface area (Å²) in [6.07, 6.45) is 4.15. The Balaban J connectivity index is 1.95. The number of nitrogens with one attached hydrogen (secondary N) is 1. The highest BCUT2D eigenvalue weighted by Crippen LogP contribution is 2.44. The van der Waals surface area contributed by atoms with Crippen molar-refractivity contribution in [3.63, 3.8) is 0 Å². The smallest absolute Gasteiger partial charge is 0.144 e. The monoisotopic (exact) mass is 211 g/mol. The first-order valence-electron chi connectivity index (χ1n) is 4.80. The van der Waals surface area contributed by atoms with E-state index in [0.29, 0.717) is 10.4 Å². The highest BCUT2D eigenvalue weighted by molar-refractivity contribution is 6.32. The van der Waals surface area contributed by atoms with E-state index >= 15 is 0 Å². The van der Waals surface area contributed by atoms with E-state index in [4.69, 9.17) is 17.3 Å². The zero-order valence-corrected chi connectivity index (χ0v) is 8.72. The van der Waals surface area contributed by atoms with Gasteiger partial charge < -0.3 is 11.1 Å². The van der Waals surface area contributed by atoms with Gasteiger partial charge >= 0.3 is 0 Å². The van der Waals surface area contributed by atoms with Gasteiger partial charge in [-0.2, -0.15) is 0 Å². The van der Waals surface area contributed by atoms with Gasteiger partial charge in [-0.25, -0.2) is 4.98 Å². The lowest BCUT2D eigenvalue weighted by Gasteiger charge is -2.14. The SMILES string of the molecule is NCC1(CNc2ncccc2Cl)CC1. The number of halogens is 1. The summed E-state index contributed by atoms with van der Waals surface area (Å²) in [5, 5.41) is 3.91. The predicted octanol–water partition coefficient (Wildman–Crippen LogP) is 1.89. The molecule has 0 unspecified atom stereocenters. The van der Waals surface area contributed by atoms with Gasteiger partial charge in [0.1, 0.15) is 5.82 Å². The average molecular weight is 212 g/mol. The van der Waals surface area contributed by atoms with Crippen molar-refractivity contribution in [3.05, 3.63) is 23.4 Å². The van der Waals surface area contributed by atoms with Gasteiger partial charge in [-0.05, 0) is 36.9 Å². The van der Waals surface area contributed by atoms with Crippen molar-refractivity contribution in [2.75, 3.05) is 18.4 Å². The van der Waals surface area contributed by atoms with Crippen LogP contribution in [-0.2, 0) is 0 Å².